The van der Waals surface area contributed by atoms with Crippen LogP contribution in [0.3, 0.4) is 0 Å². The van der Waals surface area contributed by atoms with Crippen LogP contribution in [0, 0.1) is 0 Å². The van der Waals surface area contributed by atoms with Gasteiger partial charge in [-0.05, 0) is 20.3 Å². The van der Waals surface area contributed by atoms with E-state index < -0.39 is 0 Å². The van der Waals surface area contributed by atoms with Gasteiger partial charge in [0.05, 0.1) is 0 Å². The van der Waals surface area contributed by atoms with Crippen molar-refractivity contribution in [2.24, 2.45) is 10.2 Å². The number of hydrogen-bond donors (Lipinski definition) is 1. The van der Waals surface area contributed by atoms with Gasteiger partial charge in [0, 0.05) is 18.6 Å². The van der Waals surface area contributed by atoms with Crippen molar-refractivity contribution in [1.82, 2.24) is 5.32 Å². The van der Waals surface area contributed by atoms with Crippen LogP contribution in [0.15, 0.2) is 21.9 Å². The van der Waals surface area contributed by atoms with Crippen LogP contribution in [0.5, 0.6) is 0 Å². The van der Waals surface area contributed by atoms with Gasteiger partial charge in [0.25, 0.3) is 0 Å². The highest BCUT2D eigenvalue weighted by molar-refractivity contribution is 6.10. The Hall–Kier alpha value is -1.45. The zero-order chi connectivity index (χ0) is 11.3. The summed E-state index contributed by atoms with van der Waals surface area (Å²) < 4.78 is 0. The minimum Gasteiger partial charge on any atom is -0.312 e. The lowest BCUT2D eigenvalue weighted by molar-refractivity contribution is -0.119. The van der Waals surface area contributed by atoms with Gasteiger partial charge in [0.15, 0.2) is 0 Å². The number of carbonyl (C=O) groups is 1. The molecule has 0 aromatic rings. The van der Waals surface area contributed by atoms with Crippen molar-refractivity contribution in [3.63, 3.8) is 0 Å². The number of nitrogens with zero attached hydrogens (tertiary/aromatic N) is 2. The van der Waals surface area contributed by atoms with Crippen molar-refractivity contribution in [2.75, 3.05) is 0 Å². The molecule has 1 aliphatic heterocycles. The topological polar surface area (TPSA) is 53.8 Å². The molecule has 0 aromatic heterocycles. The second kappa shape index (κ2) is 5.44. The van der Waals surface area contributed by atoms with E-state index in [2.05, 4.69) is 28.5 Å². The molecular weight excluding hydrogens is 190 g/mol. The van der Waals surface area contributed by atoms with E-state index in [-0.39, 0.29) is 5.91 Å². The molecule has 0 bridgehead atoms. The van der Waals surface area contributed by atoms with Crippen LogP contribution in [0.2, 0.25) is 0 Å². The normalized spacial score (nSPS) is 16.1. The predicted molar refractivity (Wildman–Crippen MR) is 62.0 cm³/mol. The first-order chi connectivity index (χ1) is 7.11. The van der Waals surface area contributed by atoms with Crippen molar-refractivity contribution >= 4 is 17.5 Å². The average molecular weight is 207 g/mol. The summed E-state index contributed by atoms with van der Waals surface area (Å²) in [6.07, 6.45) is 4.11. The molecule has 0 radical (unpaired) electrons. The number of rotatable bonds is 3. The minimum atomic E-state index is -0.0131. The Morgan fingerprint density at radius 3 is 2.80 bits per heavy atom. The highest BCUT2D eigenvalue weighted by Gasteiger charge is 2.11. The third kappa shape index (κ3) is 4.06. The van der Waals surface area contributed by atoms with Crippen molar-refractivity contribution in [2.45, 2.75) is 40.0 Å². The molecule has 0 saturated heterocycles. The van der Waals surface area contributed by atoms with Crippen molar-refractivity contribution in [1.29, 1.82) is 0 Å². The Morgan fingerprint density at radius 1 is 1.53 bits per heavy atom. The van der Waals surface area contributed by atoms with E-state index in [9.17, 15) is 4.79 Å². The number of amidine groups is 1. The van der Waals surface area contributed by atoms with Crippen LogP contribution < -0.4 is 5.32 Å². The Bertz CT molecular complexity index is 340. The SMILES string of the molecule is CC/C=C(\C)CC(=O)NC1=NN=C(C)C1. The first-order valence-electron chi connectivity index (χ1n) is 5.17. The zero-order valence-electron chi connectivity index (χ0n) is 9.50. The van der Waals surface area contributed by atoms with E-state index in [4.69, 9.17) is 0 Å². The Kier molecular flexibility index (Phi) is 4.21. The molecule has 15 heavy (non-hydrogen) atoms. The van der Waals surface area contributed by atoms with E-state index in [0.717, 1.165) is 17.7 Å². The van der Waals surface area contributed by atoms with Crippen LogP contribution in [-0.4, -0.2) is 17.5 Å². The molecule has 4 heteroatoms. The molecule has 0 fully saturated rings. The first-order valence-corrected chi connectivity index (χ1v) is 5.17. The van der Waals surface area contributed by atoms with E-state index in [1.807, 2.05) is 13.8 Å². The summed E-state index contributed by atoms with van der Waals surface area (Å²) in [5.74, 6) is 0.641. The van der Waals surface area contributed by atoms with Crippen LogP contribution in [0.25, 0.3) is 0 Å². The van der Waals surface area contributed by atoms with Gasteiger partial charge < -0.3 is 5.32 Å². The van der Waals surface area contributed by atoms with Crippen LogP contribution in [-0.2, 0) is 4.79 Å². The van der Waals surface area contributed by atoms with Gasteiger partial charge >= 0.3 is 0 Å². The smallest absolute Gasteiger partial charge is 0.229 e. The van der Waals surface area contributed by atoms with Crippen molar-refractivity contribution in [3.05, 3.63) is 11.6 Å². The number of hydrogen-bond acceptors (Lipinski definition) is 3. The maximum absolute atomic E-state index is 11.5. The molecular formula is C11H17N3O. The monoisotopic (exact) mass is 207 g/mol. The third-order valence-electron chi connectivity index (χ3n) is 2.04. The fourth-order valence-electron chi connectivity index (χ4n) is 1.41. The van der Waals surface area contributed by atoms with Gasteiger partial charge in [-0.15, -0.1) is 5.10 Å². The summed E-state index contributed by atoms with van der Waals surface area (Å²) in [5.41, 5.74) is 2.03. The summed E-state index contributed by atoms with van der Waals surface area (Å²) in [5, 5.41) is 10.5. The molecule has 1 N–H and O–H groups in total. The van der Waals surface area contributed by atoms with Gasteiger partial charge in [-0.3, -0.25) is 4.79 Å². The van der Waals surface area contributed by atoms with Gasteiger partial charge in [0.2, 0.25) is 5.91 Å². The van der Waals surface area contributed by atoms with E-state index >= 15 is 0 Å². The summed E-state index contributed by atoms with van der Waals surface area (Å²) in [6.45, 7) is 5.91. The maximum atomic E-state index is 11.5. The average Bonchev–Trinajstić information content (AvgIpc) is 2.51. The molecule has 1 amide bonds. The molecule has 0 spiro atoms. The highest BCUT2D eigenvalue weighted by Crippen LogP contribution is 2.03. The van der Waals surface area contributed by atoms with E-state index in [1.54, 1.807) is 0 Å². The summed E-state index contributed by atoms with van der Waals surface area (Å²) in [4.78, 5) is 11.5. The number of nitrogens with one attached hydrogen (secondary N) is 1. The molecule has 1 rings (SSSR count). The fourth-order valence-corrected chi connectivity index (χ4v) is 1.41. The fraction of sp³-hybridized carbons (Fsp3) is 0.545. The lowest BCUT2D eigenvalue weighted by Gasteiger charge is -2.03. The van der Waals surface area contributed by atoms with E-state index in [0.29, 0.717) is 18.7 Å². The summed E-state index contributed by atoms with van der Waals surface area (Å²) in [7, 11) is 0. The maximum Gasteiger partial charge on any atom is 0.229 e. The lowest BCUT2D eigenvalue weighted by atomic mass is 10.1. The molecule has 4 nitrogen and oxygen atoms in total. The van der Waals surface area contributed by atoms with Gasteiger partial charge in [-0.2, -0.15) is 5.10 Å². The van der Waals surface area contributed by atoms with Gasteiger partial charge in [0.1, 0.15) is 5.84 Å². The molecule has 1 heterocycles. The molecule has 0 aliphatic carbocycles. The molecule has 0 unspecified atom stereocenters. The minimum absolute atomic E-state index is 0.0131. The van der Waals surface area contributed by atoms with Gasteiger partial charge in [-0.1, -0.05) is 18.6 Å². The van der Waals surface area contributed by atoms with Crippen LogP contribution >= 0.6 is 0 Å². The Labute approximate surface area is 90.2 Å². The Morgan fingerprint density at radius 2 is 2.27 bits per heavy atom. The van der Waals surface area contributed by atoms with Gasteiger partial charge in [-0.25, -0.2) is 0 Å². The summed E-state index contributed by atoms with van der Waals surface area (Å²) >= 11 is 0. The predicted octanol–water partition coefficient (Wildman–Crippen LogP) is 2.03. The number of amides is 1. The standard InChI is InChI=1S/C11H17N3O/c1-4-5-8(2)6-11(15)12-10-7-9(3)13-14-10/h5H,4,6-7H2,1-3H3,(H,12,14,15)/b8-5+. The van der Waals surface area contributed by atoms with Crippen LogP contribution in [0.1, 0.15) is 40.0 Å². The van der Waals surface area contributed by atoms with Crippen LogP contribution in [0.4, 0.5) is 0 Å². The lowest BCUT2D eigenvalue weighted by Crippen LogP contribution is -2.30. The largest absolute Gasteiger partial charge is 0.312 e. The third-order valence-corrected chi connectivity index (χ3v) is 2.04. The zero-order valence-corrected chi connectivity index (χ0v) is 9.50. The molecule has 0 saturated carbocycles. The highest BCUT2D eigenvalue weighted by atomic mass is 16.1. The molecule has 1 aliphatic rings. The van der Waals surface area contributed by atoms with Crippen molar-refractivity contribution in [3.8, 4) is 0 Å². The van der Waals surface area contributed by atoms with Crippen molar-refractivity contribution < 1.29 is 4.79 Å². The number of allylic oxidation sites excluding steroid dienone is 1. The summed E-state index contributed by atoms with van der Waals surface area (Å²) in [6, 6.07) is 0. The second-order valence-electron chi connectivity index (χ2n) is 3.74. The second-order valence-corrected chi connectivity index (χ2v) is 3.74. The Balaban J connectivity index is 2.35. The first kappa shape index (κ1) is 11.6. The molecule has 0 aromatic carbocycles. The molecule has 82 valence electrons. The number of carbonyl (C=O) groups excluding carboxylic acids is 1. The molecule has 0 atom stereocenters. The van der Waals surface area contributed by atoms with E-state index in [1.165, 1.54) is 0 Å². The quantitative estimate of drug-likeness (QED) is 0.707.